The van der Waals surface area contributed by atoms with Gasteiger partial charge in [0.2, 0.25) is 11.9 Å². The van der Waals surface area contributed by atoms with Crippen LogP contribution in [-0.4, -0.2) is 56.2 Å². The fourth-order valence-electron chi connectivity index (χ4n) is 3.97. The third-order valence-electron chi connectivity index (χ3n) is 5.77. The largest absolute Gasteiger partial charge is 0.433 e. The molecule has 0 spiro atoms. The normalized spacial score (nSPS) is 17.1. The molecule has 0 saturated carbocycles. The number of benzene rings is 1. The average molecular weight is 518 g/mol. The summed E-state index contributed by atoms with van der Waals surface area (Å²) in [7, 11) is -3.78. The topological polar surface area (TPSA) is 95.5 Å². The minimum absolute atomic E-state index is 0.0235. The van der Waals surface area contributed by atoms with E-state index in [0.717, 1.165) is 18.5 Å². The first-order valence-electron chi connectivity index (χ1n) is 10.9. The lowest BCUT2D eigenvalue weighted by Gasteiger charge is -2.44. The summed E-state index contributed by atoms with van der Waals surface area (Å²) in [6.07, 6.45) is -2.74. The van der Waals surface area contributed by atoms with Crippen molar-refractivity contribution in [3.05, 3.63) is 41.5 Å². The second kappa shape index (κ2) is 9.96. The van der Waals surface area contributed by atoms with E-state index >= 15 is 0 Å². The Labute approximate surface area is 201 Å². The maximum absolute atomic E-state index is 14.0. The van der Waals surface area contributed by atoms with Crippen LogP contribution in [0.5, 0.6) is 0 Å². The van der Waals surface area contributed by atoms with Crippen LogP contribution in [-0.2, 0) is 27.4 Å². The van der Waals surface area contributed by atoms with Crippen molar-refractivity contribution in [1.82, 2.24) is 15.3 Å². The van der Waals surface area contributed by atoms with Gasteiger partial charge in [-0.1, -0.05) is 13.8 Å². The van der Waals surface area contributed by atoms with Gasteiger partial charge in [-0.3, -0.25) is 4.79 Å². The molecule has 192 valence electrons. The van der Waals surface area contributed by atoms with Gasteiger partial charge in [0.05, 0.1) is 6.04 Å². The van der Waals surface area contributed by atoms with Crippen molar-refractivity contribution < 1.29 is 30.8 Å². The van der Waals surface area contributed by atoms with Gasteiger partial charge in [-0.15, -0.1) is 0 Å². The van der Waals surface area contributed by atoms with E-state index in [4.69, 9.17) is 0 Å². The summed E-state index contributed by atoms with van der Waals surface area (Å²) in [6, 6.07) is 3.53. The van der Waals surface area contributed by atoms with Gasteiger partial charge < -0.3 is 15.1 Å². The number of rotatable bonds is 6. The number of hydrogen-bond donors (Lipinski definition) is 1. The summed E-state index contributed by atoms with van der Waals surface area (Å²) in [5.41, 5.74) is -0.854. The predicted octanol–water partition coefficient (Wildman–Crippen LogP) is 3.03. The Morgan fingerprint density at radius 2 is 1.94 bits per heavy atom. The zero-order valence-electron chi connectivity index (χ0n) is 19.7. The van der Waals surface area contributed by atoms with Gasteiger partial charge in [0.1, 0.15) is 10.7 Å². The summed E-state index contributed by atoms with van der Waals surface area (Å²) in [5.74, 6) is -1.43. The smallest absolute Gasteiger partial charge is 0.368 e. The van der Waals surface area contributed by atoms with Crippen LogP contribution in [0.3, 0.4) is 0 Å². The van der Waals surface area contributed by atoms with E-state index in [9.17, 15) is 30.8 Å². The highest BCUT2D eigenvalue weighted by Gasteiger charge is 2.38. The SMILES string of the molecule is CC(=O)NCc1cnc(N2CCN(c3ccc(F)c(S(C)(=O)=O)c3)CC2C(C)C)nc1C(F)(F)F. The maximum atomic E-state index is 14.0. The first-order chi connectivity index (χ1) is 16.2. The Bertz CT molecular complexity index is 1200. The summed E-state index contributed by atoms with van der Waals surface area (Å²) in [6.45, 7) is 5.60. The number of carbonyl (C=O) groups is 1. The van der Waals surface area contributed by atoms with E-state index in [0.29, 0.717) is 18.8 Å². The highest BCUT2D eigenvalue weighted by molar-refractivity contribution is 7.90. The zero-order valence-corrected chi connectivity index (χ0v) is 20.5. The maximum Gasteiger partial charge on any atom is 0.433 e. The highest BCUT2D eigenvalue weighted by atomic mass is 32.2. The molecule has 0 aliphatic carbocycles. The molecular formula is C22H27F4N5O3S. The number of aromatic nitrogens is 2. The molecule has 1 N–H and O–H groups in total. The standard InChI is InChI=1S/C22H27F4N5O3S/c1-13(2)18-12-30(16-5-6-17(23)19(9-16)35(4,33)34)7-8-31(18)21-28-11-15(10-27-14(3)32)20(29-21)22(24,25)26/h5-6,9,11,13,18H,7-8,10,12H2,1-4H3,(H,27,32). The Balaban J connectivity index is 1.92. The lowest BCUT2D eigenvalue weighted by Crippen LogP contribution is -2.56. The molecule has 0 radical (unpaired) electrons. The third kappa shape index (κ3) is 6.19. The van der Waals surface area contributed by atoms with Crippen molar-refractivity contribution in [2.24, 2.45) is 5.92 Å². The number of anilines is 2. The minimum Gasteiger partial charge on any atom is -0.368 e. The Morgan fingerprint density at radius 1 is 1.26 bits per heavy atom. The van der Waals surface area contributed by atoms with Crippen molar-refractivity contribution in [3.8, 4) is 0 Å². The molecule has 13 heteroatoms. The minimum atomic E-state index is -4.74. The van der Waals surface area contributed by atoms with Crippen LogP contribution in [0.25, 0.3) is 0 Å². The summed E-state index contributed by atoms with van der Waals surface area (Å²) < 4.78 is 79.0. The van der Waals surface area contributed by atoms with Crippen LogP contribution in [0.15, 0.2) is 29.3 Å². The highest BCUT2D eigenvalue weighted by Crippen LogP contribution is 2.33. The second-order valence-electron chi connectivity index (χ2n) is 8.79. The van der Waals surface area contributed by atoms with E-state index in [-0.39, 0.29) is 36.6 Å². The number of piperazine rings is 1. The van der Waals surface area contributed by atoms with E-state index in [1.54, 1.807) is 4.90 Å². The first-order valence-corrected chi connectivity index (χ1v) is 12.8. The molecule has 2 aromatic rings. The third-order valence-corrected chi connectivity index (χ3v) is 6.88. The number of halogens is 4. The molecular weight excluding hydrogens is 490 g/mol. The zero-order chi connectivity index (χ0) is 26.1. The Morgan fingerprint density at radius 3 is 2.51 bits per heavy atom. The van der Waals surface area contributed by atoms with Crippen LogP contribution in [0.2, 0.25) is 0 Å². The molecule has 2 heterocycles. The Kier molecular flexibility index (Phi) is 7.58. The van der Waals surface area contributed by atoms with Crippen LogP contribution >= 0.6 is 0 Å². The molecule has 35 heavy (non-hydrogen) atoms. The molecule has 1 unspecified atom stereocenters. The fourth-order valence-corrected chi connectivity index (χ4v) is 4.72. The van der Waals surface area contributed by atoms with E-state index in [1.807, 2.05) is 18.7 Å². The molecule has 1 saturated heterocycles. The van der Waals surface area contributed by atoms with Crippen molar-refractivity contribution in [3.63, 3.8) is 0 Å². The summed E-state index contributed by atoms with van der Waals surface area (Å²) in [5, 5.41) is 2.33. The molecule has 1 aromatic heterocycles. The molecule has 8 nitrogen and oxygen atoms in total. The van der Waals surface area contributed by atoms with Crippen molar-refractivity contribution >= 4 is 27.4 Å². The monoisotopic (exact) mass is 517 g/mol. The molecule has 1 aliphatic rings. The molecule has 1 aromatic carbocycles. The van der Waals surface area contributed by atoms with Crippen LogP contribution in [0.4, 0.5) is 29.2 Å². The van der Waals surface area contributed by atoms with E-state index in [1.165, 1.54) is 19.1 Å². The number of carbonyl (C=O) groups excluding carboxylic acids is 1. The number of nitrogens with zero attached hydrogens (tertiary/aromatic N) is 4. The van der Waals surface area contributed by atoms with Crippen molar-refractivity contribution in [1.29, 1.82) is 0 Å². The first kappa shape index (κ1) is 26.6. The number of sulfone groups is 1. The van der Waals surface area contributed by atoms with Gasteiger partial charge in [0, 0.05) is 56.8 Å². The summed E-state index contributed by atoms with van der Waals surface area (Å²) >= 11 is 0. The second-order valence-corrected chi connectivity index (χ2v) is 10.8. The van der Waals surface area contributed by atoms with Gasteiger partial charge in [0.25, 0.3) is 0 Å². The molecule has 1 fully saturated rings. The fraction of sp³-hybridized carbons (Fsp3) is 0.500. The lowest BCUT2D eigenvalue weighted by molar-refractivity contribution is -0.142. The van der Waals surface area contributed by atoms with Crippen LogP contribution in [0, 0.1) is 11.7 Å². The van der Waals surface area contributed by atoms with Gasteiger partial charge >= 0.3 is 6.18 Å². The van der Waals surface area contributed by atoms with Gasteiger partial charge in [-0.25, -0.2) is 22.8 Å². The Hall–Kier alpha value is -2.96. The quantitative estimate of drug-likeness (QED) is 0.589. The number of hydrogen-bond acceptors (Lipinski definition) is 7. The molecule has 1 atom stereocenters. The van der Waals surface area contributed by atoms with Crippen LogP contribution in [0.1, 0.15) is 32.0 Å². The van der Waals surface area contributed by atoms with Gasteiger partial charge in [-0.2, -0.15) is 13.2 Å². The molecule has 1 aliphatic heterocycles. The van der Waals surface area contributed by atoms with Crippen molar-refractivity contribution in [2.75, 3.05) is 35.7 Å². The predicted molar refractivity (Wildman–Crippen MR) is 122 cm³/mol. The molecule has 1 amide bonds. The van der Waals surface area contributed by atoms with E-state index < -0.39 is 38.3 Å². The van der Waals surface area contributed by atoms with Gasteiger partial charge in [-0.05, 0) is 24.1 Å². The van der Waals surface area contributed by atoms with Crippen molar-refractivity contribution in [2.45, 2.75) is 44.4 Å². The molecule has 0 bridgehead atoms. The number of amides is 1. The molecule has 3 rings (SSSR count). The lowest BCUT2D eigenvalue weighted by atomic mass is 9.99. The van der Waals surface area contributed by atoms with Crippen LogP contribution < -0.4 is 15.1 Å². The summed E-state index contributed by atoms with van der Waals surface area (Å²) in [4.78, 5) is 22.3. The van der Waals surface area contributed by atoms with Gasteiger partial charge in [0.15, 0.2) is 15.5 Å². The van der Waals surface area contributed by atoms with E-state index in [2.05, 4.69) is 15.3 Å². The number of alkyl halides is 3. The average Bonchev–Trinajstić information content (AvgIpc) is 2.76. The number of nitrogens with one attached hydrogen (secondary N) is 1.